The lowest BCUT2D eigenvalue weighted by molar-refractivity contribution is -0.154. The number of nitrogens with zero attached hydrogens (tertiary/aromatic N) is 3. The summed E-state index contributed by atoms with van der Waals surface area (Å²) in [7, 11) is 1.36. The van der Waals surface area contributed by atoms with Crippen molar-refractivity contribution in [1.82, 2.24) is 14.5 Å². The molecule has 0 N–H and O–H groups in total. The molecule has 2 aromatic rings. The summed E-state index contributed by atoms with van der Waals surface area (Å²) in [5, 5.41) is 0. The smallest absolute Gasteiger partial charge is 0.328 e. The molecule has 0 saturated heterocycles. The van der Waals surface area contributed by atoms with Crippen LogP contribution in [0.3, 0.4) is 0 Å². The molecule has 0 radical (unpaired) electrons. The molecule has 0 bridgehead atoms. The molecule has 1 aromatic carbocycles. The molecule has 6 nitrogen and oxygen atoms in total. The van der Waals surface area contributed by atoms with Crippen molar-refractivity contribution in [2.75, 3.05) is 7.11 Å². The van der Waals surface area contributed by atoms with E-state index in [-0.39, 0.29) is 24.3 Å². The van der Waals surface area contributed by atoms with Gasteiger partial charge in [-0.3, -0.25) is 4.79 Å². The number of methoxy groups -OCH3 is 1. The minimum atomic E-state index is -0.585. The first kappa shape index (κ1) is 17.2. The third kappa shape index (κ3) is 3.43. The van der Waals surface area contributed by atoms with Gasteiger partial charge in [-0.25, -0.2) is 9.78 Å². The van der Waals surface area contributed by atoms with E-state index in [1.54, 1.807) is 17.3 Å². The topological polar surface area (TPSA) is 64.4 Å². The summed E-state index contributed by atoms with van der Waals surface area (Å²) in [5.74, 6) is 0.601. The van der Waals surface area contributed by atoms with E-state index in [1.807, 2.05) is 42.7 Å². The zero-order chi connectivity index (χ0) is 18.0. The van der Waals surface area contributed by atoms with Crippen molar-refractivity contribution >= 4 is 11.9 Å². The summed E-state index contributed by atoms with van der Waals surface area (Å²) in [4.78, 5) is 31.1. The first-order valence-electron chi connectivity index (χ1n) is 8.46. The van der Waals surface area contributed by atoms with Gasteiger partial charge in [0.2, 0.25) is 5.91 Å². The molecule has 0 saturated carbocycles. The van der Waals surface area contributed by atoms with Crippen LogP contribution in [0, 0.1) is 0 Å². The summed E-state index contributed by atoms with van der Waals surface area (Å²) in [6.07, 6.45) is 3.99. The highest BCUT2D eigenvalue weighted by atomic mass is 16.5. The maximum absolute atomic E-state index is 13.0. The zero-order valence-corrected chi connectivity index (χ0v) is 14.8. The summed E-state index contributed by atoms with van der Waals surface area (Å²) in [5.41, 5.74) is 2.16. The number of ether oxygens (including phenoxy) is 1. The minimum Gasteiger partial charge on any atom is -0.467 e. The molecule has 1 atom stereocenters. The summed E-state index contributed by atoms with van der Waals surface area (Å²) < 4.78 is 6.78. The Bertz CT molecular complexity index is 782. The van der Waals surface area contributed by atoms with Crippen LogP contribution < -0.4 is 0 Å². The lowest BCUT2D eigenvalue weighted by Gasteiger charge is -2.35. The van der Waals surface area contributed by atoms with E-state index in [9.17, 15) is 9.59 Å². The van der Waals surface area contributed by atoms with E-state index in [2.05, 4.69) is 4.98 Å². The number of esters is 1. The van der Waals surface area contributed by atoms with Gasteiger partial charge in [0.1, 0.15) is 18.4 Å². The molecule has 0 fully saturated rings. The average Bonchev–Trinajstić information content (AvgIpc) is 3.08. The zero-order valence-electron chi connectivity index (χ0n) is 14.8. The van der Waals surface area contributed by atoms with Crippen LogP contribution in [-0.4, -0.2) is 39.5 Å². The molecule has 132 valence electrons. The van der Waals surface area contributed by atoms with Crippen LogP contribution >= 0.6 is 0 Å². The van der Waals surface area contributed by atoms with Gasteiger partial charge < -0.3 is 14.2 Å². The van der Waals surface area contributed by atoms with Crippen LogP contribution in [0.5, 0.6) is 0 Å². The summed E-state index contributed by atoms with van der Waals surface area (Å²) in [6, 6.07) is 7.32. The van der Waals surface area contributed by atoms with Gasteiger partial charge in [-0.2, -0.15) is 0 Å². The monoisotopic (exact) mass is 341 g/mol. The largest absolute Gasteiger partial charge is 0.467 e. The average molecular weight is 341 g/mol. The first-order chi connectivity index (χ1) is 12.0. The van der Waals surface area contributed by atoms with Crippen molar-refractivity contribution in [3.63, 3.8) is 0 Å². The van der Waals surface area contributed by atoms with Crippen molar-refractivity contribution in [3.05, 3.63) is 53.6 Å². The standard InChI is InChI=1S/C19H23N3O3/c1-13(2)18-20-8-9-21(18)12-17(23)22-11-15-7-5-4-6-14(15)10-16(22)19(24)25-3/h4-9,13,16H,10-12H2,1-3H3/t16-/m0/s1. The van der Waals surface area contributed by atoms with E-state index in [1.165, 1.54) is 7.11 Å². The molecule has 1 aliphatic rings. The van der Waals surface area contributed by atoms with Crippen LogP contribution in [0.15, 0.2) is 36.7 Å². The van der Waals surface area contributed by atoms with E-state index in [4.69, 9.17) is 4.74 Å². The number of aromatic nitrogens is 2. The van der Waals surface area contributed by atoms with Gasteiger partial charge in [-0.1, -0.05) is 38.1 Å². The molecule has 0 aliphatic carbocycles. The number of benzene rings is 1. The second-order valence-corrected chi connectivity index (χ2v) is 6.60. The third-order valence-electron chi connectivity index (χ3n) is 4.61. The van der Waals surface area contributed by atoms with Crippen LogP contribution in [-0.2, 0) is 33.8 Å². The number of hydrogen-bond donors (Lipinski definition) is 0. The van der Waals surface area contributed by atoms with E-state index >= 15 is 0 Å². The normalized spacial score (nSPS) is 16.6. The van der Waals surface area contributed by atoms with Crippen LogP contribution in [0.4, 0.5) is 0 Å². The van der Waals surface area contributed by atoms with Gasteiger partial charge in [-0.15, -0.1) is 0 Å². The molecular weight excluding hydrogens is 318 g/mol. The predicted octanol–water partition coefficient (Wildman–Crippen LogP) is 2.13. The van der Waals surface area contributed by atoms with Crippen molar-refractivity contribution < 1.29 is 14.3 Å². The van der Waals surface area contributed by atoms with Crippen LogP contribution in [0.2, 0.25) is 0 Å². The maximum Gasteiger partial charge on any atom is 0.328 e. The lowest BCUT2D eigenvalue weighted by Crippen LogP contribution is -2.50. The molecule has 25 heavy (non-hydrogen) atoms. The maximum atomic E-state index is 13.0. The fraction of sp³-hybridized carbons (Fsp3) is 0.421. The second-order valence-electron chi connectivity index (χ2n) is 6.60. The molecule has 2 heterocycles. The fourth-order valence-corrected chi connectivity index (χ4v) is 3.32. The molecule has 6 heteroatoms. The van der Waals surface area contributed by atoms with Crippen LogP contribution in [0.25, 0.3) is 0 Å². The molecule has 1 aromatic heterocycles. The third-order valence-corrected chi connectivity index (χ3v) is 4.61. The highest BCUT2D eigenvalue weighted by molar-refractivity contribution is 5.85. The summed E-state index contributed by atoms with van der Waals surface area (Å²) >= 11 is 0. The van der Waals surface area contributed by atoms with Crippen molar-refractivity contribution in [1.29, 1.82) is 0 Å². The number of carbonyl (C=O) groups is 2. The van der Waals surface area contributed by atoms with E-state index in [0.717, 1.165) is 17.0 Å². The molecule has 3 rings (SSSR count). The summed E-state index contributed by atoms with van der Waals surface area (Å²) in [6.45, 7) is 4.67. The number of imidazole rings is 1. The second kappa shape index (κ2) is 7.09. The molecule has 0 spiro atoms. The van der Waals surface area contributed by atoms with Gasteiger partial charge in [0.05, 0.1) is 7.11 Å². The Morgan fingerprint density at radius 2 is 2.00 bits per heavy atom. The predicted molar refractivity (Wildman–Crippen MR) is 92.8 cm³/mol. The Hall–Kier alpha value is -2.63. The molecule has 1 amide bonds. The first-order valence-corrected chi connectivity index (χ1v) is 8.46. The molecule has 0 unspecified atom stereocenters. The van der Waals surface area contributed by atoms with E-state index in [0.29, 0.717) is 13.0 Å². The highest BCUT2D eigenvalue weighted by Gasteiger charge is 2.35. The molecule has 1 aliphatic heterocycles. The number of rotatable bonds is 4. The lowest BCUT2D eigenvalue weighted by atomic mass is 9.94. The van der Waals surface area contributed by atoms with Gasteiger partial charge in [0.25, 0.3) is 0 Å². The van der Waals surface area contributed by atoms with E-state index < -0.39 is 6.04 Å². The number of amides is 1. The van der Waals surface area contributed by atoms with Crippen LogP contribution in [0.1, 0.15) is 36.7 Å². The van der Waals surface area contributed by atoms with Crippen molar-refractivity contribution in [2.24, 2.45) is 0 Å². The van der Waals surface area contributed by atoms with Gasteiger partial charge in [-0.05, 0) is 11.1 Å². The minimum absolute atomic E-state index is 0.107. The Balaban J connectivity index is 1.86. The number of hydrogen-bond acceptors (Lipinski definition) is 4. The van der Waals surface area contributed by atoms with Crippen molar-refractivity contribution in [3.8, 4) is 0 Å². The molecular formula is C19H23N3O3. The van der Waals surface area contributed by atoms with Crippen molar-refractivity contribution in [2.45, 2.75) is 45.3 Å². The van der Waals surface area contributed by atoms with Gasteiger partial charge >= 0.3 is 5.97 Å². The highest BCUT2D eigenvalue weighted by Crippen LogP contribution is 2.24. The van der Waals surface area contributed by atoms with Gasteiger partial charge in [0.15, 0.2) is 0 Å². The fourth-order valence-electron chi connectivity index (χ4n) is 3.32. The number of fused-ring (bicyclic) bond motifs is 1. The Labute approximate surface area is 147 Å². The quantitative estimate of drug-likeness (QED) is 0.799. The SMILES string of the molecule is COC(=O)[C@@H]1Cc2ccccc2CN1C(=O)Cn1ccnc1C(C)C. The van der Waals surface area contributed by atoms with Gasteiger partial charge in [0, 0.05) is 31.3 Å². The number of carbonyl (C=O) groups excluding carboxylic acids is 2. The Morgan fingerprint density at radius 3 is 2.68 bits per heavy atom. The Morgan fingerprint density at radius 1 is 1.28 bits per heavy atom. The Kier molecular flexibility index (Phi) is 4.88.